The maximum absolute atomic E-state index is 15.1. The average molecular weight is 455 g/mol. The molecule has 1 saturated heterocycles. The summed E-state index contributed by atoms with van der Waals surface area (Å²) >= 11 is 0. The third-order valence-corrected chi connectivity index (χ3v) is 6.14. The average Bonchev–Trinajstić information content (AvgIpc) is 2.85. The Hall–Kier alpha value is -2.34. The summed E-state index contributed by atoms with van der Waals surface area (Å²) in [7, 11) is 0. The molecule has 4 rings (SSSR count). The summed E-state index contributed by atoms with van der Waals surface area (Å²) in [6.07, 6.45) is 5.42. The molecule has 0 bridgehead atoms. The van der Waals surface area contributed by atoms with Gasteiger partial charge in [-0.15, -0.1) is 0 Å². The van der Waals surface area contributed by atoms with Gasteiger partial charge in [-0.3, -0.25) is 0 Å². The molecule has 0 aliphatic carbocycles. The van der Waals surface area contributed by atoms with Crippen LogP contribution in [0.2, 0.25) is 0 Å². The van der Waals surface area contributed by atoms with Crippen LogP contribution in [0.5, 0.6) is 0 Å². The molecule has 176 valence electrons. The fourth-order valence-electron chi connectivity index (χ4n) is 4.18. The van der Waals surface area contributed by atoms with E-state index in [0.29, 0.717) is 37.0 Å². The van der Waals surface area contributed by atoms with Crippen LogP contribution < -0.4 is 0 Å². The number of hydrogen-bond acceptors (Lipinski definition) is 3. The van der Waals surface area contributed by atoms with E-state index in [1.807, 2.05) is 24.3 Å². The topological polar surface area (TPSA) is 27.7 Å². The van der Waals surface area contributed by atoms with E-state index < -0.39 is 6.29 Å². The van der Waals surface area contributed by atoms with E-state index in [2.05, 4.69) is 6.92 Å². The van der Waals surface area contributed by atoms with E-state index in [1.54, 1.807) is 18.2 Å². The van der Waals surface area contributed by atoms with E-state index in [0.717, 1.165) is 29.5 Å². The molecule has 1 aliphatic heterocycles. The normalized spacial score (nSPS) is 18.6. The summed E-state index contributed by atoms with van der Waals surface area (Å²) in [6.45, 7) is 3.92. The van der Waals surface area contributed by atoms with Crippen LogP contribution in [0.1, 0.15) is 55.6 Å². The van der Waals surface area contributed by atoms with Gasteiger partial charge in [0.1, 0.15) is 17.7 Å². The van der Waals surface area contributed by atoms with Crippen LogP contribution >= 0.6 is 0 Å². The van der Waals surface area contributed by atoms with E-state index in [1.165, 1.54) is 31.4 Å². The van der Waals surface area contributed by atoms with Crippen molar-refractivity contribution in [1.29, 1.82) is 0 Å². The minimum atomic E-state index is -0.462. The standard InChI is InChI=1S/C28H32F2O3/c1-2-3-4-5-16-31-25-18-32-28(33-19-25)23-12-15-26-22(17-23)11-10-21(27(26)30)9-6-20-7-13-24(29)14-8-20/h7-8,10-15,17,25,28H,2-6,9,16,18-19H2,1H3. The molecule has 33 heavy (non-hydrogen) atoms. The van der Waals surface area contributed by atoms with E-state index >= 15 is 4.39 Å². The molecule has 3 nitrogen and oxygen atoms in total. The Bertz CT molecular complexity index is 1030. The molecule has 0 amide bonds. The molecule has 0 saturated carbocycles. The van der Waals surface area contributed by atoms with E-state index in [-0.39, 0.29) is 17.7 Å². The Kier molecular flexibility index (Phi) is 8.43. The first-order valence-corrected chi connectivity index (χ1v) is 11.9. The second kappa shape index (κ2) is 11.7. The molecule has 0 atom stereocenters. The molecule has 3 aromatic rings. The minimum absolute atomic E-state index is 0.0376. The molecule has 1 fully saturated rings. The molecule has 0 N–H and O–H groups in total. The quantitative estimate of drug-likeness (QED) is 0.311. The number of fused-ring (bicyclic) bond motifs is 1. The van der Waals surface area contributed by atoms with Gasteiger partial charge in [-0.25, -0.2) is 8.78 Å². The van der Waals surface area contributed by atoms with Gasteiger partial charge in [0.15, 0.2) is 6.29 Å². The maximum Gasteiger partial charge on any atom is 0.184 e. The fraction of sp³-hybridized carbons (Fsp3) is 0.429. The molecule has 3 aromatic carbocycles. The Labute approximate surface area is 194 Å². The van der Waals surface area contributed by atoms with Gasteiger partial charge >= 0.3 is 0 Å². The third kappa shape index (κ3) is 6.38. The van der Waals surface area contributed by atoms with Crippen molar-refractivity contribution in [2.75, 3.05) is 19.8 Å². The first-order chi connectivity index (χ1) is 16.1. The van der Waals surface area contributed by atoms with Gasteiger partial charge in [-0.2, -0.15) is 0 Å². The summed E-state index contributed by atoms with van der Waals surface area (Å²) in [4.78, 5) is 0. The largest absolute Gasteiger partial charge is 0.373 e. The molecule has 0 spiro atoms. The molecule has 5 heteroatoms. The van der Waals surface area contributed by atoms with E-state index in [9.17, 15) is 4.39 Å². The van der Waals surface area contributed by atoms with Crippen molar-refractivity contribution < 1.29 is 23.0 Å². The summed E-state index contributed by atoms with van der Waals surface area (Å²) in [6, 6.07) is 15.7. The van der Waals surface area contributed by atoms with Gasteiger partial charge in [-0.05, 0) is 54.0 Å². The second-order valence-electron chi connectivity index (χ2n) is 8.70. The maximum atomic E-state index is 15.1. The zero-order valence-corrected chi connectivity index (χ0v) is 19.2. The highest BCUT2D eigenvalue weighted by Gasteiger charge is 2.24. The van der Waals surface area contributed by atoms with Crippen LogP contribution in [0.15, 0.2) is 54.6 Å². The predicted octanol–water partition coefficient (Wildman–Crippen LogP) is 6.91. The van der Waals surface area contributed by atoms with Crippen LogP contribution in [0, 0.1) is 11.6 Å². The zero-order chi connectivity index (χ0) is 23.0. The molecule has 0 radical (unpaired) electrons. The van der Waals surface area contributed by atoms with Crippen molar-refractivity contribution in [2.24, 2.45) is 0 Å². The zero-order valence-electron chi connectivity index (χ0n) is 19.2. The molecule has 0 aromatic heterocycles. The smallest absolute Gasteiger partial charge is 0.184 e. The van der Waals surface area contributed by atoms with Crippen molar-refractivity contribution in [1.82, 2.24) is 0 Å². The SMILES string of the molecule is CCCCCCOC1COC(c2ccc3c(F)c(CCc4ccc(F)cc4)ccc3c2)OC1. The minimum Gasteiger partial charge on any atom is -0.373 e. The number of benzene rings is 3. The fourth-order valence-corrected chi connectivity index (χ4v) is 4.18. The Morgan fingerprint density at radius 3 is 2.42 bits per heavy atom. The number of ether oxygens (including phenoxy) is 3. The first kappa shape index (κ1) is 23.8. The highest BCUT2D eigenvalue weighted by molar-refractivity contribution is 5.84. The Morgan fingerprint density at radius 1 is 0.879 bits per heavy atom. The van der Waals surface area contributed by atoms with Crippen LogP contribution in [0.25, 0.3) is 10.8 Å². The Balaban J connectivity index is 1.34. The molecular weight excluding hydrogens is 422 g/mol. The van der Waals surface area contributed by atoms with Gasteiger partial charge < -0.3 is 14.2 Å². The Morgan fingerprint density at radius 2 is 1.67 bits per heavy atom. The van der Waals surface area contributed by atoms with Crippen molar-refractivity contribution >= 4 is 10.8 Å². The number of hydrogen-bond donors (Lipinski definition) is 0. The number of aryl methyl sites for hydroxylation is 2. The second-order valence-corrected chi connectivity index (χ2v) is 8.70. The van der Waals surface area contributed by atoms with Gasteiger partial charge in [0.25, 0.3) is 0 Å². The van der Waals surface area contributed by atoms with Crippen LogP contribution in [-0.4, -0.2) is 25.9 Å². The molecular formula is C28H32F2O3. The van der Waals surface area contributed by atoms with Crippen molar-refractivity contribution in [3.63, 3.8) is 0 Å². The highest BCUT2D eigenvalue weighted by Crippen LogP contribution is 2.29. The lowest BCUT2D eigenvalue weighted by Crippen LogP contribution is -2.33. The lowest BCUT2D eigenvalue weighted by Gasteiger charge is -2.29. The number of unbranched alkanes of at least 4 members (excludes halogenated alkanes) is 3. The van der Waals surface area contributed by atoms with Crippen molar-refractivity contribution in [3.8, 4) is 0 Å². The summed E-state index contributed by atoms with van der Waals surface area (Å²) in [5, 5.41) is 1.40. The van der Waals surface area contributed by atoms with Gasteiger partial charge in [0.05, 0.1) is 13.2 Å². The summed E-state index contributed by atoms with van der Waals surface area (Å²) in [5.41, 5.74) is 2.52. The van der Waals surface area contributed by atoms with Gasteiger partial charge in [0, 0.05) is 17.6 Å². The summed E-state index contributed by atoms with van der Waals surface area (Å²) < 4.78 is 45.8. The predicted molar refractivity (Wildman–Crippen MR) is 126 cm³/mol. The number of halogens is 2. The number of rotatable bonds is 10. The lowest BCUT2D eigenvalue weighted by atomic mass is 9.99. The van der Waals surface area contributed by atoms with Crippen molar-refractivity contribution in [3.05, 3.63) is 82.9 Å². The monoisotopic (exact) mass is 454 g/mol. The summed E-state index contributed by atoms with van der Waals surface area (Å²) in [5.74, 6) is -0.467. The first-order valence-electron chi connectivity index (χ1n) is 11.9. The lowest BCUT2D eigenvalue weighted by molar-refractivity contribution is -0.230. The van der Waals surface area contributed by atoms with Crippen molar-refractivity contribution in [2.45, 2.75) is 57.8 Å². The van der Waals surface area contributed by atoms with Crippen LogP contribution in [0.4, 0.5) is 8.78 Å². The molecule has 1 aliphatic rings. The van der Waals surface area contributed by atoms with Gasteiger partial charge in [0.2, 0.25) is 0 Å². The third-order valence-electron chi connectivity index (χ3n) is 6.14. The van der Waals surface area contributed by atoms with Crippen LogP contribution in [0.3, 0.4) is 0 Å². The molecule has 1 heterocycles. The van der Waals surface area contributed by atoms with Gasteiger partial charge in [-0.1, -0.05) is 62.6 Å². The molecule has 0 unspecified atom stereocenters. The highest BCUT2D eigenvalue weighted by atomic mass is 19.1. The van der Waals surface area contributed by atoms with E-state index in [4.69, 9.17) is 14.2 Å². The van der Waals surface area contributed by atoms with Crippen LogP contribution in [-0.2, 0) is 27.1 Å².